The fourth-order valence-electron chi connectivity index (χ4n) is 5.44. The minimum atomic E-state index is -3.91. The summed E-state index contributed by atoms with van der Waals surface area (Å²) in [5.41, 5.74) is 4.02. The molecule has 1 aromatic carbocycles. The summed E-state index contributed by atoms with van der Waals surface area (Å²) in [4.78, 5) is 13.0. The highest BCUT2D eigenvalue weighted by Gasteiger charge is 2.30. The zero-order chi connectivity index (χ0) is 23.1. The molecule has 0 aliphatic heterocycles. The smallest absolute Gasteiger partial charge is 0.218 e. The van der Waals surface area contributed by atoms with E-state index < -0.39 is 21.2 Å². The van der Waals surface area contributed by atoms with E-state index in [1.165, 1.54) is 54.7 Å². The van der Waals surface area contributed by atoms with Crippen molar-refractivity contribution in [1.29, 1.82) is 0 Å². The van der Waals surface area contributed by atoms with Gasteiger partial charge in [-0.2, -0.15) is 0 Å². The molecule has 1 aromatic heterocycles. The second-order valence-electron chi connectivity index (χ2n) is 10.1. The first-order chi connectivity index (χ1) is 15.1. The van der Waals surface area contributed by atoms with Gasteiger partial charge in [-0.15, -0.1) is 0 Å². The minimum Gasteiger partial charge on any atom is -0.453 e. The number of aliphatic hydroxyl groups is 1. The maximum atomic E-state index is 13.0. The lowest BCUT2D eigenvalue weighted by atomic mass is 9.81. The van der Waals surface area contributed by atoms with Crippen LogP contribution in [0.3, 0.4) is 0 Å². The molecule has 0 bridgehead atoms. The van der Waals surface area contributed by atoms with Crippen molar-refractivity contribution < 1.29 is 22.7 Å². The minimum absolute atomic E-state index is 0.147. The molecule has 1 heterocycles. The van der Waals surface area contributed by atoms with Crippen LogP contribution in [0.5, 0.6) is 0 Å². The SMILES string of the molecule is C[C@@H](c1ccc2c(c1CC(=O)CS(=O)(=O)c1cc(C(C)(C)O)co1)CCC2)C1CCCC1. The van der Waals surface area contributed by atoms with Gasteiger partial charge >= 0.3 is 0 Å². The molecule has 1 fully saturated rings. The van der Waals surface area contributed by atoms with Crippen molar-refractivity contribution in [3.8, 4) is 0 Å². The van der Waals surface area contributed by atoms with Gasteiger partial charge in [-0.3, -0.25) is 4.79 Å². The lowest BCUT2D eigenvalue weighted by Gasteiger charge is -2.24. The highest BCUT2D eigenvalue weighted by Crippen LogP contribution is 2.40. The number of Topliss-reactive ketones (excluding diaryl/α,β-unsaturated/α-hetero) is 1. The summed E-state index contributed by atoms with van der Waals surface area (Å²) in [6, 6.07) is 5.72. The summed E-state index contributed by atoms with van der Waals surface area (Å²) in [5, 5.41) is 9.82. The number of hydrogen-bond donors (Lipinski definition) is 1. The maximum Gasteiger partial charge on any atom is 0.218 e. The molecule has 32 heavy (non-hydrogen) atoms. The third kappa shape index (κ3) is 4.72. The molecular formula is C26H34O5S. The maximum absolute atomic E-state index is 13.0. The van der Waals surface area contributed by atoms with Gasteiger partial charge in [0.15, 0.2) is 5.78 Å². The Morgan fingerprint density at radius 3 is 2.56 bits per heavy atom. The van der Waals surface area contributed by atoms with Crippen molar-refractivity contribution in [2.75, 3.05) is 5.75 Å². The second-order valence-corrected chi connectivity index (χ2v) is 12.1. The van der Waals surface area contributed by atoms with E-state index in [1.54, 1.807) is 13.8 Å². The van der Waals surface area contributed by atoms with Crippen LogP contribution in [0, 0.1) is 5.92 Å². The van der Waals surface area contributed by atoms with Crippen LogP contribution in [-0.4, -0.2) is 25.1 Å². The summed E-state index contributed by atoms with van der Waals surface area (Å²) in [6.45, 7) is 5.38. The number of rotatable bonds is 8. The van der Waals surface area contributed by atoms with Gasteiger partial charge in [0.1, 0.15) is 5.75 Å². The fraction of sp³-hybridized carbons (Fsp3) is 0.577. The lowest BCUT2D eigenvalue weighted by Crippen LogP contribution is -2.20. The van der Waals surface area contributed by atoms with Crippen LogP contribution in [0.1, 0.15) is 86.6 Å². The Labute approximate surface area is 191 Å². The Morgan fingerprint density at radius 2 is 1.91 bits per heavy atom. The average Bonchev–Trinajstić information content (AvgIpc) is 3.47. The fourth-order valence-corrected chi connectivity index (χ4v) is 6.61. The Bertz CT molecular complexity index is 1100. The first-order valence-corrected chi connectivity index (χ1v) is 13.4. The topological polar surface area (TPSA) is 84.6 Å². The number of aryl methyl sites for hydroxylation is 1. The number of benzene rings is 1. The van der Waals surface area contributed by atoms with Crippen LogP contribution in [-0.2, 0) is 39.5 Å². The predicted molar refractivity (Wildman–Crippen MR) is 124 cm³/mol. The molecule has 4 rings (SSSR count). The van der Waals surface area contributed by atoms with Gasteiger partial charge in [0.2, 0.25) is 14.9 Å². The van der Waals surface area contributed by atoms with Crippen LogP contribution in [0.15, 0.2) is 34.0 Å². The van der Waals surface area contributed by atoms with E-state index in [0.29, 0.717) is 17.4 Å². The van der Waals surface area contributed by atoms with Crippen molar-refractivity contribution in [3.63, 3.8) is 0 Å². The Balaban J connectivity index is 1.57. The van der Waals surface area contributed by atoms with E-state index in [0.717, 1.165) is 24.8 Å². The molecule has 2 aliphatic rings. The quantitative estimate of drug-likeness (QED) is 0.610. The molecule has 1 saturated carbocycles. The largest absolute Gasteiger partial charge is 0.453 e. The summed E-state index contributed by atoms with van der Waals surface area (Å²) < 4.78 is 30.9. The van der Waals surface area contributed by atoms with E-state index >= 15 is 0 Å². The molecule has 0 unspecified atom stereocenters. The van der Waals surface area contributed by atoms with Gasteiger partial charge in [0.25, 0.3) is 0 Å². The van der Waals surface area contributed by atoms with Crippen molar-refractivity contribution in [1.82, 2.24) is 0 Å². The first-order valence-electron chi connectivity index (χ1n) is 11.8. The molecule has 2 aromatic rings. The summed E-state index contributed by atoms with van der Waals surface area (Å²) in [6.07, 6.45) is 9.44. The molecule has 174 valence electrons. The molecular weight excluding hydrogens is 424 g/mol. The second kappa shape index (κ2) is 8.79. The number of furan rings is 1. The van der Waals surface area contributed by atoms with E-state index in [1.807, 2.05) is 0 Å². The van der Waals surface area contributed by atoms with Gasteiger partial charge in [0.05, 0.1) is 11.9 Å². The van der Waals surface area contributed by atoms with Gasteiger partial charge in [-0.25, -0.2) is 8.42 Å². The zero-order valence-corrected chi connectivity index (χ0v) is 20.1. The number of fused-ring (bicyclic) bond motifs is 1. The van der Waals surface area contributed by atoms with Gasteiger partial charge < -0.3 is 9.52 Å². The molecule has 1 N–H and O–H groups in total. The van der Waals surface area contributed by atoms with Crippen LogP contribution in [0.2, 0.25) is 0 Å². The van der Waals surface area contributed by atoms with Crippen LogP contribution in [0.25, 0.3) is 0 Å². The van der Waals surface area contributed by atoms with E-state index in [2.05, 4.69) is 19.1 Å². The highest BCUT2D eigenvalue weighted by molar-refractivity contribution is 7.92. The molecule has 1 atom stereocenters. The molecule has 0 spiro atoms. The number of hydrogen-bond acceptors (Lipinski definition) is 5. The van der Waals surface area contributed by atoms with E-state index in [4.69, 9.17) is 4.42 Å². The average molecular weight is 459 g/mol. The predicted octanol–water partition coefficient (Wildman–Crippen LogP) is 4.87. The summed E-state index contributed by atoms with van der Waals surface area (Å²) >= 11 is 0. The van der Waals surface area contributed by atoms with Crippen molar-refractivity contribution in [2.45, 2.75) is 88.7 Å². The van der Waals surface area contributed by atoms with E-state index in [9.17, 15) is 18.3 Å². The monoisotopic (exact) mass is 458 g/mol. The Kier molecular flexibility index (Phi) is 6.38. The lowest BCUT2D eigenvalue weighted by molar-refractivity contribution is -0.116. The molecule has 0 amide bonds. The summed E-state index contributed by atoms with van der Waals surface area (Å²) in [7, 11) is -3.91. The first kappa shape index (κ1) is 23.2. The molecule has 5 nitrogen and oxygen atoms in total. The van der Waals surface area contributed by atoms with Gasteiger partial charge in [-0.1, -0.05) is 31.9 Å². The number of ketones is 1. The molecule has 0 radical (unpaired) electrons. The van der Waals surface area contributed by atoms with Crippen LogP contribution >= 0.6 is 0 Å². The Hall–Kier alpha value is -1.92. The molecule has 2 aliphatic carbocycles. The summed E-state index contributed by atoms with van der Waals surface area (Å²) in [5.74, 6) is 0.108. The third-order valence-corrected chi connectivity index (χ3v) is 8.88. The molecule has 6 heteroatoms. The standard InChI is InChI=1S/C26H34O5S/c1-17(18-7-4-5-8-18)22-12-11-19-9-6-10-23(19)24(22)14-21(27)16-32(29,30)25-13-20(15-31-25)26(2,3)28/h11-13,15,17-18,28H,4-10,14,16H2,1-3H3/t17-/m1/s1. The Morgan fingerprint density at radius 1 is 1.19 bits per heavy atom. The third-order valence-electron chi connectivity index (χ3n) is 7.35. The number of carbonyl (C=O) groups is 1. The van der Waals surface area contributed by atoms with Gasteiger partial charge in [0, 0.05) is 18.1 Å². The zero-order valence-electron chi connectivity index (χ0n) is 19.3. The molecule has 0 saturated heterocycles. The van der Waals surface area contributed by atoms with Crippen molar-refractivity contribution >= 4 is 15.6 Å². The van der Waals surface area contributed by atoms with E-state index in [-0.39, 0.29) is 17.3 Å². The van der Waals surface area contributed by atoms with Crippen molar-refractivity contribution in [3.05, 3.63) is 52.3 Å². The van der Waals surface area contributed by atoms with Crippen LogP contribution in [0.4, 0.5) is 0 Å². The normalized spacial score (nSPS) is 18.1. The number of carbonyl (C=O) groups excluding carboxylic acids is 1. The highest BCUT2D eigenvalue weighted by atomic mass is 32.2. The van der Waals surface area contributed by atoms with Gasteiger partial charge in [-0.05, 0) is 80.0 Å². The van der Waals surface area contributed by atoms with Crippen LogP contribution < -0.4 is 0 Å². The number of sulfone groups is 1. The van der Waals surface area contributed by atoms with Crippen molar-refractivity contribution in [2.24, 2.45) is 5.92 Å².